The second-order valence-corrected chi connectivity index (χ2v) is 12.1. The third kappa shape index (κ3) is 7.16. The molecule has 3 aromatic carbocycles. The highest BCUT2D eigenvalue weighted by atomic mass is 79.9. The molecule has 2 amide bonds. The molecule has 39 heavy (non-hydrogen) atoms. The standard InChI is InChI=1S/C27H23BrClNO7S2/c1-3-35-23-15-18(14-22(28)25(23)37-39(33,34)21-10-6-19(29)7-11-21)16-24-26(31)30(27(32)38-24)12-13-36-20-8-4-17(2)5-9-20/h4-11,14-16H,3,12-13H2,1-2H3/b24-16-. The van der Waals surface area contributed by atoms with Crippen molar-refractivity contribution in [3.05, 3.63) is 86.2 Å². The molecule has 1 saturated heterocycles. The predicted octanol–water partition coefficient (Wildman–Crippen LogP) is 6.69. The number of aryl methyl sites for hydroxylation is 1. The van der Waals surface area contributed by atoms with E-state index in [9.17, 15) is 18.0 Å². The van der Waals surface area contributed by atoms with Crippen molar-refractivity contribution in [2.45, 2.75) is 18.7 Å². The van der Waals surface area contributed by atoms with Crippen LogP contribution in [0.3, 0.4) is 0 Å². The molecule has 0 spiro atoms. The first-order valence-corrected chi connectivity index (χ1v) is 15.1. The Labute approximate surface area is 244 Å². The lowest BCUT2D eigenvalue weighted by Gasteiger charge is -2.15. The molecule has 1 aliphatic rings. The molecule has 0 aromatic heterocycles. The Morgan fingerprint density at radius 3 is 2.38 bits per heavy atom. The number of hydrogen-bond donors (Lipinski definition) is 0. The van der Waals surface area contributed by atoms with Crippen LogP contribution in [0.5, 0.6) is 17.2 Å². The summed E-state index contributed by atoms with van der Waals surface area (Å²) < 4.78 is 42.6. The van der Waals surface area contributed by atoms with E-state index in [-0.39, 0.29) is 45.5 Å². The van der Waals surface area contributed by atoms with Crippen molar-refractivity contribution in [3.63, 3.8) is 0 Å². The number of imide groups is 1. The molecule has 0 saturated carbocycles. The summed E-state index contributed by atoms with van der Waals surface area (Å²) in [6, 6.07) is 16.1. The van der Waals surface area contributed by atoms with Gasteiger partial charge in [0, 0.05) is 5.02 Å². The number of carbonyl (C=O) groups is 2. The highest BCUT2D eigenvalue weighted by molar-refractivity contribution is 9.10. The van der Waals surface area contributed by atoms with Gasteiger partial charge < -0.3 is 13.7 Å². The molecule has 4 rings (SSSR count). The Morgan fingerprint density at radius 2 is 1.72 bits per heavy atom. The van der Waals surface area contributed by atoms with Gasteiger partial charge >= 0.3 is 10.1 Å². The average molecular weight is 653 g/mol. The highest BCUT2D eigenvalue weighted by Gasteiger charge is 2.35. The maximum Gasteiger partial charge on any atom is 0.339 e. The number of thioether (sulfide) groups is 1. The minimum Gasteiger partial charge on any atom is -0.492 e. The molecule has 0 atom stereocenters. The fourth-order valence-electron chi connectivity index (χ4n) is 3.51. The average Bonchev–Trinajstić information content (AvgIpc) is 3.15. The summed E-state index contributed by atoms with van der Waals surface area (Å²) in [5, 5.41) is -0.0189. The zero-order valence-electron chi connectivity index (χ0n) is 20.8. The van der Waals surface area contributed by atoms with Crippen molar-refractivity contribution in [1.82, 2.24) is 4.90 Å². The Balaban J connectivity index is 1.52. The normalized spacial score (nSPS) is 14.7. The van der Waals surface area contributed by atoms with Crippen LogP contribution in [0, 0.1) is 6.92 Å². The zero-order valence-corrected chi connectivity index (χ0v) is 24.8. The van der Waals surface area contributed by atoms with Gasteiger partial charge in [-0.05, 0) is 102 Å². The molecule has 0 N–H and O–H groups in total. The van der Waals surface area contributed by atoms with Crippen molar-refractivity contribution in [3.8, 4) is 17.2 Å². The van der Waals surface area contributed by atoms with Gasteiger partial charge in [0.05, 0.1) is 22.5 Å². The number of amides is 2. The fourth-order valence-corrected chi connectivity index (χ4v) is 6.10. The first kappa shape index (κ1) is 29.0. The number of hydrogen-bond acceptors (Lipinski definition) is 8. The smallest absolute Gasteiger partial charge is 0.339 e. The van der Waals surface area contributed by atoms with E-state index in [1.165, 1.54) is 36.4 Å². The number of nitrogens with zero attached hydrogens (tertiary/aromatic N) is 1. The lowest BCUT2D eigenvalue weighted by Crippen LogP contribution is -2.32. The van der Waals surface area contributed by atoms with E-state index in [1.807, 2.05) is 31.2 Å². The molecule has 3 aromatic rings. The molecule has 0 bridgehead atoms. The summed E-state index contributed by atoms with van der Waals surface area (Å²) in [7, 11) is -4.19. The highest BCUT2D eigenvalue weighted by Crippen LogP contribution is 2.40. The van der Waals surface area contributed by atoms with Crippen LogP contribution in [-0.4, -0.2) is 44.2 Å². The number of benzene rings is 3. The van der Waals surface area contributed by atoms with Crippen LogP contribution in [0.1, 0.15) is 18.1 Å². The summed E-state index contributed by atoms with van der Waals surface area (Å²) in [4.78, 5) is 26.7. The second kappa shape index (κ2) is 12.5. The third-order valence-electron chi connectivity index (χ3n) is 5.40. The Hall–Kier alpha value is -2.99. The molecule has 1 heterocycles. The van der Waals surface area contributed by atoms with Crippen LogP contribution >= 0.6 is 39.3 Å². The Morgan fingerprint density at radius 1 is 1.03 bits per heavy atom. The van der Waals surface area contributed by atoms with Crippen LogP contribution in [0.15, 0.2) is 74.9 Å². The monoisotopic (exact) mass is 651 g/mol. The second-order valence-electron chi connectivity index (χ2n) is 8.25. The summed E-state index contributed by atoms with van der Waals surface area (Å²) in [6.07, 6.45) is 1.54. The fraction of sp³-hybridized carbons (Fsp3) is 0.185. The number of ether oxygens (including phenoxy) is 2. The van der Waals surface area contributed by atoms with E-state index in [0.717, 1.165) is 22.2 Å². The van der Waals surface area contributed by atoms with E-state index in [1.54, 1.807) is 13.0 Å². The van der Waals surface area contributed by atoms with Gasteiger partial charge in [-0.15, -0.1) is 0 Å². The van der Waals surface area contributed by atoms with Gasteiger partial charge in [0.25, 0.3) is 11.1 Å². The molecule has 0 radical (unpaired) electrons. The van der Waals surface area contributed by atoms with Gasteiger partial charge in [0.2, 0.25) is 0 Å². The molecular weight excluding hydrogens is 630 g/mol. The maximum atomic E-state index is 12.9. The summed E-state index contributed by atoms with van der Waals surface area (Å²) in [5.74, 6) is 0.292. The quantitative estimate of drug-likeness (QED) is 0.176. The summed E-state index contributed by atoms with van der Waals surface area (Å²) in [6.45, 7) is 4.19. The van der Waals surface area contributed by atoms with E-state index in [0.29, 0.717) is 16.3 Å². The van der Waals surface area contributed by atoms with Crippen molar-refractivity contribution in [2.24, 2.45) is 0 Å². The Kier molecular flexibility index (Phi) is 9.27. The largest absolute Gasteiger partial charge is 0.492 e. The van der Waals surface area contributed by atoms with Crippen molar-refractivity contribution in [2.75, 3.05) is 19.8 Å². The number of halogens is 2. The van der Waals surface area contributed by atoms with Crippen molar-refractivity contribution >= 4 is 66.6 Å². The summed E-state index contributed by atoms with van der Waals surface area (Å²) >= 11 is 10.0. The van der Waals surface area contributed by atoms with E-state index in [4.69, 9.17) is 25.3 Å². The first-order chi connectivity index (χ1) is 18.6. The maximum absolute atomic E-state index is 12.9. The third-order valence-corrected chi connectivity index (χ3v) is 8.39. The van der Waals surface area contributed by atoms with Crippen molar-refractivity contribution < 1.29 is 31.7 Å². The molecular formula is C27H23BrClNO7S2. The van der Waals surface area contributed by atoms with Gasteiger partial charge in [0.1, 0.15) is 17.3 Å². The molecule has 0 aliphatic carbocycles. The van der Waals surface area contributed by atoms with Gasteiger partial charge in [0.15, 0.2) is 11.5 Å². The van der Waals surface area contributed by atoms with E-state index in [2.05, 4.69) is 15.9 Å². The van der Waals surface area contributed by atoms with Crippen LogP contribution < -0.4 is 13.7 Å². The lowest BCUT2D eigenvalue weighted by molar-refractivity contribution is -0.123. The minimum absolute atomic E-state index is 0.0506. The van der Waals surface area contributed by atoms with Gasteiger partial charge in [-0.2, -0.15) is 8.42 Å². The van der Waals surface area contributed by atoms with Crippen LogP contribution in [0.25, 0.3) is 6.08 Å². The topological polar surface area (TPSA) is 99.2 Å². The minimum atomic E-state index is -4.19. The van der Waals surface area contributed by atoms with Crippen LogP contribution in [0.2, 0.25) is 5.02 Å². The SMILES string of the molecule is CCOc1cc(/C=C2\SC(=O)N(CCOc3ccc(C)cc3)C2=O)cc(Br)c1OS(=O)(=O)c1ccc(Cl)cc1. The number of carbonyl (C=O) groups excluding carboxylic acids is 2. The lowest BCUT2D eigenvalue weighted by atomic mass is 10.2. The number of rotatable bonds is 10. The van der Waals surface area contributed by atoms with Crippen molar-refractivity contribution in [1.29, 1.82) is 0 Å². The van der Waals surface area contributed by atoms with E-state index >= 15 is 0 Å². The van der Waals surface area contributed by atoms with E-state index < -0.39 is 21.3 Å². The van der Waals surface area contributed by atoms with Crippen LogP contribution in [-0.2, 0) is 14.9 Å². The molecule has 8 nitrogen and oxygen atoms in total. The van der Waals surface area contributed by atoms with Crippen LogP contribution in [0.4, 0.5) is 4.79 Å². The van der Waals surface area contributed by atoms with Gasteiger partial charge in [-0.3, -0.25) is 14.5 Å². The Bertz CT molecular complexity index is 1520. The molecule has 0 unspecified atom stereocenters. The molecule has 1 fully saturated rings. The van der Waals surface area contributed by atoms with Gasteiger partial charge in [-0.1, -0.05) is 29.3 Å². The molecule has 204 valence electrons. The zero-order chi connectivity index (χ0) is 28.2. The summed E-state index contributed by atoms with van der Waals surface area (Å²) in [5.41, 5.74) is 1.60. The van der Waals surface area contributed by atoms with Gasteiger partial charge in [-0.25, -0.2) is 0 Å². The predicted molar refractivity (Wildman–Crippen MR) is 154 cm³/mol. The molecule has 1 aliphatic heterocycles. The first-order valence-electron chi connectivity index (χ1n) is 11.7. The molecule has 12 heteroatoms.